The molecule has 0 aliphatic heterocycles. The Morgan fingerprint density at radius 1 is 0.821 bits per heavy atom. The number of carbonyl (C=O) groups is 2. The van der Waals surface area contributed by atoms with Crippen LogP contribution >= 0.6 is 15.9 Å². The number of aryl methyl sites for hydroxylation is 1. The van der Waals surface area contributed by atoms with Gasteiger partial charge in [-0.3, -0.25) is 9.59 Å². The third-order valence-electron chi connectivity index (χ3n) is 3.98. The zero-order valence-electron chi connectivity index (χ0n) is 15.3. The minimum absolute atomic E-state index is 0.140. The van der Waals surface area contributed by atoms with E-state index < -0.39 is 0 Å². The molecule has 0 heterocycles. The van der Waals surface area contributed by atoms with E-state index in [9.17, 15) is 9.59 Å². The summed E-state index contributed by atoms with van der Waals surface area (Å²) in [5, 5.41) is 8.75. The zero-order chi connectivity index (χ0) is 19.9. The van der Waals surface area contributed by atoms with Gasteiger partial charge in [-0.05, 0) is 61.5 Å². The van der Waals surface area contributed by atoms with Crippen LogP contribution in [-0.2, 0) is 4.79 Å². The minimum Gasteiger partial charge on any atom is -0.376 e. The highest BCUT2D eigenvalue weighted by Gasteiger charge is 2.07. The van der Waals surface area contributed by atoms with Gasteiger partial charge in [-0.2, -0.15) is 0 Å². The number of carbonyl (C=O) groups excluding carboxylic acids is 2. The average molecular weight is 438 g/mol. The molecule has 0 spiro atoms. The number of halogens is 1. The molecule has 3 aromatic rings. The first-order valence-corrected chi connectivity index (χ1v) is 9.56. The van der Waals surface area contributed by atoms with E-state index in [1.54, 1.807) is 18.2 Å². The topological polar surface area (TPSA) is 70.2 Å². The molecule has 0 aliphatic carbocycles. The van der Waals surface area contributed by atoms with Crippen LogP contribution in [0.1, 0.15) is 15.9 Å². The maximum Gasteiger partial charge on any atom is 0.255 e. The second-order valence-electron chi connectivity index (χ2n) is 6.31. The third kappa shape index (κ3) is 5.69. The quantitative estimate of drug-likeness (QED) is 0.504. The Morgan fingerprint density at radius 3 is 2.25 bits per heavy atom. The Hall–Kier alpha value is -3.12. The fourth-order valence-corrected chi connectivity index (χ4v) is 3.01. The highest BCUT2D eigenvalue weighted by Crippen LogP contribution is 2.17. The maximum atomic E-state index is 12.3. The summed E-state index contributed by atoms with van der Waals surface area (Å²) in [4.78, 5) is 24.3. The van der Waals surface area contributed by atoms with Crippen LogP contribution in [0.25, 0.3) is 0 Å². The number of hydrogen-bond donors (Lipinski definition) is 3. The van der Waals surface area contributed by atoms with Crippen molar-refractivity contribution in [1.82, 2.24) is 0 Å². The smallest absolute Gasteiger partial charge is 0.255 e. The number of anilines is 3. The van der Waals surface area contributed by atoms with Gasteiger partial charge in [0.15, 0.2) is 0 Å². The molecule has 5 nitrogen and oxygen atoms in total. The summed E-state index contributed by atoms with van der Waals surface area (Å²) in [5.74, 6) is -0.298. The van der Waals surface area contributed by atoms with Crippen molar-refractivity contribution in [2.75, 3.05) is 22.5 Å². The molecule has 0 saturated heterocycles. The lowest BCUT2D eigenvalue weighted by Crippen LogP contribution is -2.21. The Bertz CT molecular complexity index is 987. The summed E-state index contributed by atoms with van der Waals surface area (Å²) in [6, 6.07) is 22.1. The molecule has 0 saturated carbocycles. The number of amides is 2. The zero-order valence-corrected chi connectivity index (χ0v) is 16.9. The summed E-state index contributed by atoms with van der Waals surface area (Å²) < 4.78 is 0.904. The number of rotatable bonds is 6. The van der Waals surface area contributed by atoms with Crippen molar-refractivity contribution >= 4 is 44.8 Å². The monoisotopic (exact) mass is 437 g/mol. The summed E-state index contributed by atoms with van der Waals surface area (Å²) in [6.07, 6.45) is 0. The Morgan fingerprint density at radius 2 is 1.54 bits per heavy atom. The third-order valence-corrected chi connectivity index (χ3v) is 4.48. The van der Waals surface area contributed by atoms with Crippen molar-refractivity contribution in [2.24, 2.45) is 0 Å². The summed E-state index contributed by atoms with van der Waals surface area (Å²) in [5.41, 5.74) is 3.86. The van der Waals surface area contributed by atoms with E-state index >= 15 is 0 Å². The minimum atomic E-state index is -0.155. The molecule has 6 heteroatoms. The summed E-state index contributed by atoms with van der Waals surface area (Å²) >= 11 is 3.37. The maximum absolute atomic E-state index is 12.3. The first-order chi connectivity index (χ1) is 13.5. The average Bonchev–Trinajstić information content (AvgIpc) is 2.67. The number of benzene rings is 3. The second-order valence-corrected chi connectivity index (χ2v) is 7.23. The van der Waals surface area contributed by atoms with Crippen LogP contribution < -0.4 is 16.0 Å². The van der Waals surface area contributed by atoms with Crippen LogP contribution in [0.15, 0.2) is 77.3 Å². The van der Waals surface area contributed by atoms with E-state index in [0.717, 1.165) is 21.4 Å². The molecule has 142 valence electrons. The molecule has 3 N–H and O–H groups in total. The van der Waals surface area contributed by atoms with Gasteiger partial charge in [0.2, 0.25) is 5.91 Å². The van der Waals surface area contributed by atoms with Crippen molar-refractivity contribution in [3.63, 3.8) is 0 Å². The molecule has 0 radical (unpaired) electrons. The van der Waals surface area contributed by atoms with Crippen LogP contribution in [0.4, 0.5) is 17.1 Å². The molecule has 3 aromatic carbocycles. The first-order valence-electron chi connectivity index (χ1n) is 8.77. The van der Waals surface area contributed by atoms with E-state index in [1.165, 1.54) is 0 Å². The normalized spacial score (nSPS) is 10.2. The molecule has 0 unspecified atom stereocenters. The van der Waals surface area contributed by atoms with Crippen molar-refractivity contribution in [3.8, 4) is 0 Å². The van der Waals surface area contributed by atoms with Gasteiger partial charge < -0.3 is 16.0 Å². The Kier molecular flexibility index (Phi) is 6.45. The van der Waals surface area contributed by atoms with Crippen molar-refractivity contribution in [3.05, 3.63) is 88.4 Å². The molecule has 28 heavy (non-hydrogen) atoms. The predicted molar refractivity (Wildman–Crippen MR) is 117 cm³/mol. The molecule has 2 amide bonds. The van der Waals surface area contributed by atoms with Gasteiger partial charge in [0.05, 0.1) is 6.54 Å². The van der Waals surface area contributed by atoms with Crippen molar-refractivity contribution < 1.29 is 9.59 Å². The largest absolute Gasteiger partial charge is 0.376 e. The fraction of sp³-hybridized carbons (Fsp3) is 0.0909. The molecule has 0 fully saturated rings. The lowest BCUT2D eigenvalue weighted by Gasteiger charge is -2.10. The van der Waals surface area contributed by atoms with Crippen LogP contribution in [0.2, 0.25) is 0 Å². The van der Waals surface area contributed by atoms with Gasteiger partial charge in [0.1, 0.15) is 0 Å². The molecule has 0 aliphatic rings. The molecule has 0 bridgehead atoms. The van der Waals surface area contributed by atoms with E-state index in [-0.39, 0.29) is 18.4 Å². The van der Waals surface area contributed by atoms with Crippen LogP contribution in [-0.4, -0.2) is 18.4 Å². The van der Waals surface area contributed by atoms with Crippen LogP contribution in [0.3, 0.4) is 0 Å². The second kappa shape index (κ2) is 9.19. The SMILES string of the molecule is Cc1cccc(C(=O)Nc2ccc(NCC(=O)Nc3cccc(Br)c3)cc2)c1. The van der Waals surface area contributed by atoms with Gasteiger partial charge in [-0.15, -0.1) is 0 Å². The standard InChI is InChI=1S/C22H20BrN3O2/c1-15-4-2-5-16(12-15)22(28)26-19-10-8-18(9-11-19)24-14-21(27)25-20-7-3-6-17(23)13-20/h2-13,24H,14H2,1H3,(H,25,27)(H,26,28). The van der Waals surface area contributed by atoms with Crippen molar-refractivity contribution in [2.45, 2.75) is 6.92 Å². The molecule has 0 aromatic heterocycles. The van der Waals surface area contributed by atoms with E-state index in [4.69, 9.17) is 0 Å². The van der Waals surface area contributed by atoms with E-state index in [2.05, 4.69) is 31.9 Å². The van der Waals surface area contributed by atoms with Gasteiger partial charge >= 0.3 is 0 Å². The Labute approximate surface area is 172 Å². The van der Waals surface area contributed by atoms with Gasteiger partial charge in [0.25, 0.3) is 5.91 Å². The lowest BCUT2D eigenvalue weighted by molar-refractivity contribution is -0.114. The Balaban J connectivity index is 1.51. The first kappa shape index (κ1) is 19.6. The highest BCUT2D eigenvalue weighted by molar-refractivity contribution is 9.10. The number of hydrogen-bond acceptors (Lipinski definition) is 3. The highest BCUT2D eigenvalue weighted by atomic mass is 79.9. The van der Waals surface area contributed by atoms with Gasteiger partial charge in [-0.25, -0.2) is 0 Å². The van der Waals surface area contributed by atoms with Gasteiger partial charge in [-0.1, -0.05) is 39.7 Å². The van der Waals surface area contributed by atoms with Crippen molar-refractivity contribution in [1.29, 1.82) is 0 Å². The molecule has 0 atom stereocenters. The summed E-state index contributed by atoms with van der Waals surface area (Å²) in [6.45, 7) is 2.09. The fourth-order valence-electron chi connectivity index (χ4n) is 2.61. The molecule has 3 rings (SSSR count). The molecular weight excluding hydrogens is 418 g/mol. The predicted octanol–water partition coefficient (Wildman–Crippen LogP) is 5.06. The van der Waals surface area contributed by atoms with E-state index in [1.807, 2.05) is 61.5 Å². The summed E-state index contributed by atoms with van der Waals surface area (Å²) in [7, 11) is 0. The van der Waals surface area contributed by atoms with Gasteiger partial charge in [0, 0.05) is 27.1 Å². The lowest BCUT2D eigenvalue weighted by atomic mass is 10.1. The number of nitrogens with one attached hydrogen (secondary N) is 3. The van der Waals surface area contributed by atoms with E-state index in [0.29, 0.717) is 11.3 Å². The van der Waals surface area contributed by atoms with Crippen LogP contribution in [0.5, 0.6) is 0 Å². The molecular formula is C22H20BrN3O2. The van der Waals surface area contributed by atoms with Crippen LogP contribution in [0, 0.1) is 6.92 Å².